The number of hydrogen-bond donors (Lipinski definition) is 3. The number of amides is 2. The van der Waals surface area contributed by atoms with E-state index in [2.05, 4.69) is 10.6 Å². The predicted molar refractivity (Wildman–Crippen MR) is 99.6 cm³/mol. The Morgan fingerprint density at radius 3 is 2.28 bits per heavy atom. The quantitative estimate of drug-likeness (QED) is 0.629. The smallest absolute Gasteiger partial charge is 0.348 e. The van der Waals surface area contributed by atoms with Crippen molar-refractivity contribution in [3.63, 3.8) is 0 Å². The third-order valence-corrected chi connectivity index (χ3v) is 5.00. The number of hydrogen-bond acceptors (Lipinski definition) is 4. The van der Waals surface area contributed by atoms with Gasteiger partial charge >= 0.3 is 6.18 Å². The van der Waals surface area contributed by atoms with E-state index in [1.54, 1.807) is 24.3 Å². The van der Waals surface area contributed by atoms with Crippen molar-refractivity contribution < 1.29 is 31.2 Å². The number of anilines is 1. The SMILES string of the molecule is CC(=O)Nc1ccc(CNC(=O)c2cccc(S(=O)(=O)NCC(F)(F)F)c2)cc1. The molecule has 0 aliphatic carbocycles. The summed E-state index contributed by atoms with van der Waals surface area (Å²) in [5, 5.41) is 5.19. The van der Waals surface area contributed by atoms with Gasteiger partial charge in [0.15, 0.2) is 0 Å². The van der Waals surface area contributed by atoms with Crippen LogP contribution in [0.4, 0.5) is 18.9 Å². The highest BCUT2D eigenvalue weighted by molar-refractivity contribution is 7.89. The highest BCUT2D eigenvalue weighted by Crippen LogP contribution is 2.16. The maximum atomic E-state index is 12.3. The normalized spacial score (nSPS) is 11.7. The number of sulfonamides is 1. The number of nitrogens with one attached hydrogen (secondary N) is 3. The van der Waals surface area contributed by atoms with Crippen LogP contribution in [-0.2, 0) is 21.4 Å². The number of rotatable bonds is 7. The molecule has 0 saturated heterocycles. The van der Waals surface area contributed by atoms with Gasteiger partial charge < -0.3 is 10.6 Å². The van der Waals surface area contributed by atoms with Crippen LogP contribution >= 0.6 is 0 Å². The first-order valence-corrected chi connectivity index (χ1v) is 9.76. The molecule has 0 aromatic heterocycles. The fraction of sp³-hybridized carbons (Fsp3) is 0.222. The lowest BCUT2D eigenvalue weighted by atomic mass is 10.2. The lowest BCUT2D eigenvalue weighted by Crippen LogP contribution is -2.34. The van der Waals surface area contributed by atoms with E-state index in [4.69, 9.17) is 0 Å². The van der Waals surface area contributed by atoms with Crippen molar-refractivity contribution in [2.45, 2.75) is 24.5 Å². The van der Waals surface area contributed by atoms with Crippen molar-refractivity contribution in [1.29, 1.82) is 0 Å². The summed E-state index contributed by atoms with van der Waals surface area (Å²) in [6, 6.07) is 11.4. The van der Waals surface area contributed by atoms with Gasteiger partial charge in [-0.05, 0) is 35.9 Å². The Balaban J connectivity index is 2.03. The zero-order chi connectivity index (χ0) is 21.7. The van der Waals surface area contributed by atoms with Gasteiger partial charge in [0.2, 0.25) is 15.9 Å². The summed E-state index contributed by atoms with van der Waals surface area (Å²) < 4.78 is 62.1. The van der Waals surface area contributed by atoms with E-state index >= 15 is 0 Å². The molecular formula is C18H18F3N3O4S. The highest BCUT2D eigenvalue weighted by Gasteiger charge is 2.30. The van der Waals surface area contributed by atoms with Gasteiger partial charge in [0.05, 0.1) is 4.90 Å². The van der Waals surface area contributed by atoms with E-state index in [0.717, 1.165) is 17.7 Å². The first kappa shape index (κ1) is 22.4. The lowest BCUT2D eigenvalue weighted by Gasteiger charge is -2.11. The third kappa shape index (κ3) is 7.20. The molecule has 0 saturated carbocycles. The van der Waals surface area contributed by atoms with Crippen molar-refractivity contribution in [2.75, 3.05) is 11.9 Å². The average Bonchev–Trinajstić information content (AvgIpc) is 2.65. The van der Waals surface area contributed by atoms with Gasteiger partial charge in [0.25, 0.3) is 5.91 Å². The van der Waals surface area contributed by atoms with E-state index in [9.17, 15) is 31.2 Å². The van der Waals surface area contributed by atoms with E-state index in [0.29, 0.717) is 5.69 Å². The number of carbonyl (C=O) groups excluding carboxylic acids is 2. The van der Waals surface area contributed by atoms with Crippen molar-refractivity contribution in [3.8, 4) is 0 Å². The lowest BCUT2D eigenvalue weighted by molar-refractivity contribution is -0.121. The molecule has 2 rings (SSSR count). The zero-order valence-electron chi connectivity index (χ0n) is 15.2. The van der Waals surface area contributed by atoms with E-state index in [1.165, 1.54) is 23.8 Å². The van der Waals surface area contributed by atoms with Gasteiger partial charge in [-0.3, -0.25) is 9.59 Å². The molecule has 0 heterocycles. The maximum absolute atomic E-state index is 12.3. The Morgan fingerprint density at radius 2 is 1.69 bits per heavy atom. The molecule has 0 aliphatic rings. The molecule has 2 aromatic rings. The topological polar surface area (TPSA) is 104 Å². The molecule has 3 N–H and O–H groups in total. The predicted octanol–water partition coefficient (Wildman–Crippen LogP) is 2.42. The van der Waals surface area contributed by atoms with Crippen LogP contribution in [-0.4, -0.2) is 33.0 Å². The van der Waals surface area contributed by atoms with Crippen molar-refractivity contribution in [2.24, 2.45) is 0 Å². The molecular weight excluding hydrogens is 411 g/mol. The van der Waals surface area contributed by atoms with Crippen LogP contribution in [0.2, 0.25) is 0 Å². The minimum Gasteiger partial charge on any atom is -0.348 e. The molecule has 0 bridgehead atoms. The zero-order valence-corrected chi connectivity index (χ0v) is 16.0. The maximum Gasteiger partial charge on any atom is 0.402 e. The number of benzene rings is 2. The van der Waals surface area contributed by atoms with Crippen LogP contribution in [0, 0.1) is 0 Å². The molecule has 0 radical (unpaired) electrons. The second-order valence-electron chi connectivity index (χ2n) is 6.03. The van der Waals surface area contributed by atoms with E-state index < -0.39 is 33.5 Å². The molecule has 0 aliphatic heterocycles. The first-order valence-electron chi connectivity index (χ1n) is 8.27. The Bertz CT molecular complexity index is 990. The van der Waals surface area contributed by atoms with Crippen LogP contribution in [0.15, 0.2) is 53.4 Å². The third-order valence-electron chi connectivity index (χ3n) is 3.60. The Hall–Kier alpha value is -2.92. The second-order valence-corrected chi connectivity index (χ2v) is 7.80. The summed E-state index contributed by atoms with van der Waals surface area (Å²) in [7, 11) is -4.42. The van der Waals surface area contributed by atoms with Gasteiger partial charge in [0.1, 0.15) is 6.54 Å². The van der Waals surface area contributed by atoms with Crippen molar-refractivity contribution in [1.82, 2.24) is 10.0 Å². The Kier molecular flexibility index (Phi) is 6.98. The van der Waals surface area contributed by atoms with Crippen LogP contribution in [0.1, 0.15) is 22.8 Å². The van der Waals surface area contributed by atoms with Crippen LogP contribution in [0.5, 0.6) is 0 Å². The molecule has 0 fully saturated rings. The first-order chi connectivity index (χ1) is 13.5. The number of alkyl halides is 3. The van der Waals surface area contributed by atoms with Crippen LogP contribution in [0.25, 0.3) is 0 Å². The summed E-state index contributed by atoms with van der Waals surface area (Å²) in [6.45, 7) is -0.205. The Morgan fingerprint density at radius 1 is 1.03 bits per heavy atom. The highest BCUT2D eigenvalue weighted by atomic mass is 32.2. The van der Waals surface area contributed by atoms with Crippen LogP contribution < -0.4 is 15.4 Å². The minimum atomic E-state index is -4.70. The standard InChI is InChI=1S/C18H18F3N3O4S/c1-12(25)24-15-7-5-13(6-8-15)10-22-17(26)14-3-2-4-16(9-14)29(27,28)23-11-18(19,20)21/h2-9,23H,10-11H2,1H3,(H,22,26)(H,24,25). The average molecular weight is 429 g/mol. The molecule has 7 nitrogen and oxygen atoms in total. The molecule has 29 heavy (non-hydrogen) atoms. The fourth-order valence-electron chi connectivity index (χ4n) is 2.26. The molecule has 2 amide bonds. The van der Waals surface area contributed by atoms with Gasteiger partial charge in [-0.2, -0.15) is 13.2 Å². The van der Waals surface area contributed by atoms with E-state index in [-0.39, 0.29) is 18.0 Å². The monoisotopic (exact) mass is 429 g/mol. The molecule has 2 aromatic carbocycles. The molecule has 0 spiro atoms. The van der Waals surface area contributed by atoms with E-state index in [1.807, 2.05) is 0 Å². The summed E-state index contributed by atoms with van der Waals surface area (Å²) in [6.07, 6.45) is -4.70. The van der Waals surface area contributed by atoms with Gasteiger partial charge in [0, 0.05) is 24.7 Å². The summed E-state index contributed by atoms with van der Waals surface area (Å²) in [4.78, 5) is 22.8. The molecule has 0 unspecified atom stereocenters. The number of halogens is 3. The van der Waals surface area contributed by atoms with Crippen molar-refractivity contribution >= 4 is 27.5 Å². The Labute approximate surface area is 165 Å². The molecule has 0 atom stereocenters. The molecule has 11 heteroatoms. The van der Waals surface area contributed by atoms with Gasteiger partial charge in [-0.25, -0.2) is 13.1 Å². The molecule has 156 valence electrons. The summed E-state index contributed by atoms with van der Waals surface area (Å²) >= 11 is 0. The summed E-state index contributed by atoms with van der Waals surface area (Å²) in [5.74, 6) is -0.811. The van der Waals surface area contributed by atoms with Crippen LogP contribution in [0.3, 0.4) is 0 Å². The summed E-state index contributed by atoms with van der Waals surface area (Å²) in [5.41, 5.74) is 1.30. The number of carbonyl (C=O) groups is 2. The largest absolute Gasteiger partial charge is 0.402 e. The fourth-order valence-corrected chi connectivity index (χ4v) is 3.32. The van der Waals surface area contributed by atoms with Gasteiger partial charge in [-0.1, -0.05) is 18.2 Å². The minimum absolute atomic E-state index is 0.0187. The van der Waals surface area contributed by atoms with Gasteiger partial charge in [-0.15, -0.1) is 0 Å². The van der Waals surface area contributed by atoms with Crippen molar-refractivity contribution in [3.05, 3.63) is 59.7 Å². The second kappa shape index (κ2) is 9.05.